The molecule has 0 radical (unpaired) electrons. The first-order chi connectivity index (χ1) is 31.6. The molecule has 14 heteroatoms. The maximum atomic E-state index is 13.2. The van der Waals surface area contributed by atoms with E-state index < -0.39 is 86.8 Å². The number of rotatable bonds is 39. The van der Waals surface area contributed by atoms with Crippen LogP contribution in [0, 0.1) is 0 Å². The predicted octanol–water partition coefficient (Wildman–Crippen LogP) is 6.71. The van der Waals surface area contributed by atoms with E-state index >= 15 is 0 Å². The molecule has 12 atom stereocenters. The molecule has 2 aliphatic rings. The Morgan fingerprint density at radius 3 is 1.51 bits per heavy atom. The fourth-order valence-corrected chi connectivity index (χ4v) is 8.30. The standard InChI is InChI=1S/C51H93NO13/c1-3-5-7-9-11-13-15-17-19-21-23-25-27-29-31-33-35-43(56)52-39(40(55)34-32-30-28-26-24-22-20-18-16-14-12-10-8-6-4-2)38-62-50-48(61)46(59)49(42(37-54)64-50)65-51-47(60)45(58)44(57)41(36-53)63-51/h19,21,24,26,32,34,39-42,44-51,53-55,57-61H,3-18,20,22-23,25,27-31,33,35-38H2,1-2H3,(H,52,56)/b21-19-,26-24+,34-32+. The predicted molar refractivity (Wildman–Crippen MR) is 254 cm³/mol. The van der Waals surface area contributed by atoms with Crippen molar-refractivity contribution in [3.05, 3.63) is 36.5 Å². The summed E-state index contributed by atoms with van der Waals surface area (Å²) >= 11 is 0. The molecule has 0 spiro atoms. The first-order valence-electron chi connectivity index (χ1n) is 25.7. The molecule has 0 bridgehead atoms. The Bertz CT molecular complexity index is 1230. The Labute approximate surface area is 391 Å². The van der Waals surface area contributed by atoms with Crippen LogP contribution < -0.4 is 5.32 Å². The van der Waals surface area contributed by atoms with E-state index in [9.17, 15) is 45.6 Å². The first kappa shape index (κ1) is 59.3. The van der Waals surface area contributed by atoms with Gasteiger partial charge in [0.25, 0.3) is 0 Å². The highest BCUT2D eigenvalue weighted by molar-refractivity contribution is 5.76. The van der Waals surface area contributed by atoms with E-state index in [4.69, 9.17) is 18.9 Å². The number of aliphatic hydroxyl groups is 8. The molecule has 14 nitrogen and oxygen atoms in total. The molecule has 2 rings (SSSR count). The minimum absolute atomic E-state index is 0.259. The summed E-state index contributed by atoms with van der Waals surface area (Å²) in [6.45, 7) is 2.75. The molecular formula is C51H93NO13. The molecule has 0 aromatic heterocycles. The van der Waals surface area contributed by atoms with Gasteiger partial charge in [-0.1, -0.05) is 159 Å². The third-order valence-electron chi connectivity index (χ3n) is 12.5. The van der Waals surface area contributed by atoms with Gasteiger partial charge < -0.3 is 65.1 Å². The fraction of sp³-hybridized carbons (Fsp3) is 0.863. The van der Waals surface area contributed by atoms with E-state index in [1.165, 1.54) is 103 Å². The summed E-state index contributed by atoms with van der Waals surface area (Å²) in [5.41, 5.74) is 0. The lowest BCUT2D eigenvalue weighted by Crippen LogP contribution is -2.65. The number of carbonyl (C=O) groups is 1. The molecule has 9 N–H and O–H groups in total. The number of nitrogens with one attached hydrogen (secondary N) is 1. The number of hydrogen-bond acceptors (Lipinski definition) is 13. The van der Waals surface area contributed by atoms with Crippen LogP contribution in [0.2, 0.25) is 0 Å². The Hall–Kier alpha value is -1.79. The third kappa shape index (κ3) is 25.4. The molecular weight excluding hydrogens is 835 g/mol. The van der Waals surface area contributed by atoms with Gasteiger partial charge in [-0.05, 0) is 57.8 Å². The normalized spacial score (nSPS) is 27.3. The van der Waals surface area contributed by atoms with Crippen molar-refractivity contribution in [2.75, 3.05) is 19.8 Å². The molecule has 1 amide bonds. The number of allylic oxidation sites excluding steroid dienone is 5. The minimum atomic E-state index is -1.79. The number of hydrogen-bond donors (Lipinski definition) is 9. The van der Waals surface area contributed by atoms with Gasteiger partial charge in [0.2, 0.25) is 5.91 Å². The van der Waals surface area contributed by atoms with Crippen LogP contribution in [0.5, 0.6) is 0 Å². The third-order valence-corrected chi connectivity index (χ3v) is 12.5. The molecule has 2 aliphatic heterocycles. The molecule has 12 unspecified atom stereocenters. The number of amides is 1. The summed E-state index contributed by atoms with van der Waals surface area (Å²) in [6.07, 6.45) is 26.1. The average Bonchev–Trinajstić information content (AvgIpc) is 3.30. The van der Waals surface area contributed by atoms with E-state index in [0.29, 0.717) is 12.8 Å². The van der Waals surface area contributed by atoms with E-state index in [-0.39, 0.29) is 18.9 Å². The lowest BCUT2D eigenvalue weighted by Gasteiger charge is -2.46. The molecule has 2 saturated heterocycles. The number of aliphatic hydroxyl groups excluding tert-OH is 8. The van der Waals surface area contributed by atoms with Crippen molar-refractivity contribution in [2.24, 2.45) is 0 Å². The Kier molecular flexibility index (Phi) is 34.8. The van der Waals surface area contributed by atoms with Gasteiger partial charge in [-0.3, -0.25) is 4.79 Å². The van der Waals surface area contributed by atoms with Crippen LogP contribution in [0.3, 0.4) is 0 Å². The monoisotopic (exact) mass is 928 g/mol. The molecule has 0 aliphatic carbocycles. The van der Waals surface area contributed by atoms with Crippen LogP contribution in [0.25, 0.3) is 0 Å². The second-order valence-electron chi connectivity index (χ2n) is 18.3. The van der Waals surface area contributed by atoms with Crippen LogP contribution in [0.4, 0.5) is 0 Å². The molecule has 2 fully saturated rings. The summed E-state index contributed by atoms with van der Waals surface area (Å²) in [5, 5.41) is 86.7. The van der Waals surface area contributed by atoms with Crippen molar-refractivity contribution in [1.29, 1.82) is 0 Å². The lowest BCUT2D eigenvalue weighted by atomic mass is 9.97. The van der Waals surface area contributed by atoms with Gasteiger partial charge >= 0.3 is 0 Å². The van der Waals surface area contributed by atoms with E-state index in [0.717, 1.165) is 51.4 Å². The zero-order chi connectivity index (χ0) is 47.5. The zero-order valence-corrected chi connectivity index (χ0v) is 40.2. The van der Waals surface area contributed by atoms with Gasteiger partial charge in [0.05, 0.1) is 32.0 Å². The largest absolute Gasteiger partial charge is 0.394 e. The van der Waals surface area contributed by atoms with Crippen molar-refractivity contribution in [1.82, 2.24) is 5.32 Å². The van der Waals surface area contributed by atoms with Crippen LogP contribution in [-0.4, -0.2) is 140 Å². The fourth-order valence-electron chi connectivity index (χ4n) is 8.30. The first-order valence-corrected chi connectivity index (χ1v) is 25.7. The highest BCUT2D eigenvalue weighted by Crippen LogP contribution is 2.30. The summed E-state index contributed by atoms with van der Waals surface area (Å²) < 4.78 is 22.7. The smallest absolute Gasteiger partial charge is 0.220 e. The maximum Gasteiger partial charge on any atom is 0.220 e. The summed E-state index contributed by atoms with van der Waals surface area (Å²) in [5.74, 6) is -0.259. The number of carbonyl (C=O) groups excluding carboxylic acids is 1. The molecule has 0 saturated carbocycles. The molecule has 0 aromatic carbocycles. The zero-order valence-electron chi connectivity index (χ0n) is 40.2. The van der Waals surface area contributed by atoms with Crippen molar-refractivity contribution >= 4 is 5.91 Å². The SMILES string of the molecule is CCCCCCCCC/C=C\CCCCCCCC(=O)NC(COC1OC(CO)C(OC2OC(CO)C(O)C(O)C2O)C(O)C1O)C(O)/C=C/CC/C=C/CCCCCCCCCCC. The molecule has 2 heterocycles. The van der Waals surface area contributed by atoms with Crippen LogP contribution in [-0.2, 0) is 23.7 Å². The van der Waals surface area contributed by atoms with Crippen molar-refractivity contribution < 1.29 is 64.6 Å². The Morgan fingerprint density at radius 2 is 0.985 bits per heavy atom. The Morgan fingerprint density at radius 1 is 0.538 bits per heavy atom. The van der Waals surface area contributed by atoms with Gasteiger partial charge in [0.1, 0.15) is 48.8 Å². The molecule has 0 aromatic rings. The van der Waals surface area contributed by atoms with Gasteiger partial charge in [-0.25, -0.2) is 0 Å². The van der Waals surface area contributed by atoms with E-state index in [2.05, 4.69) is 43.5 Å². The van der Waals surface area contributed by atoms with Crippen LogP contribution in [0.1, 0.15) is 187 Å². The van der Waals surface area contributed by atoms with Gasteiger partial charge in [0.15, 0.2) is 12.6 Å². The molecule has 65 heavy (non-hydrogen) atoms. The van der Waals surface area contributed by atoms with Gasteiger partial charge in [-0.2, -0.15) is 0 Å². The second kappa shape index (κ2) is 38.1. The topological polar surface area (TPSA) is 228 Å². The van der Waals surface area contributed by atoms with Crippen molar-refractivity contribution in [2.45, 2.75) is 261 Å². The highest BCUT2D eigenvalue weighted by Gasteiger charge is 2.51. The second-order valence-corrected chi connectivity index (χ2v) is 18.3. The minimum Gasteiger partial charge on any atom is -0.394 e. The van der Waals surface area contributed by atoms with Gasteiger partial charge in [-0.15, -0.1) is 0 Å². The maximum absolute atomic E-state index is 13.2. The Balaban J connectivity index is 1.87. The lowest BCUT2D eigenvalue weighted by molar-refractivity contribution is -0.359. The van der Waals surface area contributed by atoms with Crippen molar-refractivity contribution in [3.63, 3.8) is 0 Å². The summed E-state index contributed by atoms with van der Waals surface area (Å²) in [4.78, 5) is 13.2. The van der Waals surface area contributed by atoms with Gasteiger partial charge in [0, 0.05) is 6.42 Å². The number of unbranched alkanes of at least 4 members (excludes halogenated alkanes) is 22. The highest BCUT2D eigenvalue weighted by atomic mass is 16.7. The van der Waals surface area contributed by atoms with E-state index in [1.54, 1.807) is 6.08 Å². The average molecular weight is 928 g/mol. The van der Waals surface area contributed by atoms with Crippen molar-refractivity contribution in [3.8, 4) is 0 Å². The number of ether oxygens (including phenoxy) is 4. The van der Waals surface area contributed by atoms with E-state index in [1.807, 2.05) is 6.08 Å². The summed E-state index contributed by atoms with van der Waals surface area (Å²) in [7, 11) is 0. The van der Waals surface area contributed by atoms with Crippen LogP contribution in [0.15, 0.2) is 36.5 Å². The van der Waals surface area contributed by atoms with Crippen LogP contribution >= 0.6 is 0 Å². The molecule has 380 valence electrons. The summed E-state index contributed by atoms with van der Waals surface area (Å²) in [6, 6.07) is -0.933. The quantitative estimate of drug-likeness (QED) is 0.0231.